The van der Waals surface area contributed by atoms with Gasteiger partial charge in [-0.25, -0.2) is 0 Å². The van der Waals surface area contributed by atoms with Gasteiger partial charge in [-0.15, -0.1) is 0 Å². The summed E-state index contributed by atoms with van der Waals surface area (Å²) >= 11 is 0. The summed E-state index contributed by atoms with van der Waals surface area (Å²) in [5, 5.41) is 0. The highest BCUT2D eigenvalue weighted by molar-refractivity contribution is 6.24. The highest BCUT2D eigenvalue weighted by atomic mass is 28.2. The van der Waals surface area contributed by atoms with Gasteiger partial charge in [-0.2, -0.15) is 0 Å². The van der Waals surface area contributed by atoms with Gasteiger partial charge in [0.1, 0.15) is 0 Å². The Balaban J connectivity index is 3.33. The first-order valence-electron chi connectivity index (χ1n) is 4.58. The molecule has 0 aliphatic rings. The van der Waals surface area contributed by atoms with Crippen LogP contribution >= 0.6 is 0 Å². The van der Waals surface area contributed by atoms with Crippen LogP contribution in [-0.2, 0) is 9.22 Å². The van der Waals surface area contributed by atoms with Crippen LogP contribution < -0.4 is 0 Å². The van der Waals surface area contributed by atoms with Crippen LogP contribution in [0.2, 0.25) is 6.55 Å². The first-order chi connectivity index (χ1) is 5.81. The van der Waals surface area contributed by atoms with E-state index in [1.807, 2.05) is 6.08 Å². The molecule has 70 valence electrons. The molecule has 0 spiro atoms. The van der Waals surface area contributed by atoms with Gasteiger partial charge in [0.25, 0.3) is 0 Å². The van der Waals surface area contributed by atoms with E-state index >= 15 is 0 Å². The molecule has 3 heteroatoms. The number of hydrogen-bond donors (Lipinski definition) is 0. The maximum atomic E-state index is 11.0. The third kappa shape index (κ3) is 7.69. The number of allylic oxidation sites excluding steroid dienone is 2. The van der Waals surface area contributed by atoms with Crippen molar-refractivity contribution >= 4 is 15.5 Å². The van der Waals surface area contributed by atoms with Gasteiger partial charge < -0.3 is 4.43 Å². The molecule has 0 aromatic carbocycles. The molecule has 0 aromatic heterocycles. The Morgan fingerprint density at radius 3 is 2.92 bits per heavy atom. The minimum atomic E-state index is -0.329. The second kappa shape index (κ2) is 8.68. The van der Waals surface area contributed by atoms with Crippen molar-refractivity contribution in [2.75, 3.05) is 6.61 Å². The third-order valence-corrected chi connectivity index (χ3v) is 2.15. The average Bonchev–Trinajstić information content (AvgIpc) is 2.06. The van der Waals surface area contributed by atoms with Crippen LogP contribution in [0.4, 0.5) is 0 Å². The van der Waals surface area contributed by atoms with Crippen molar-refractivity contribution in [3.63, 3.8) is 0 Å². The lowest BCUT2D eigenvalue weighted by Gasteiger charge is -1.96. The number of hydrogen-bond acceptors (Lipinski definition) is 2. The van der Waals surface area contributed by atoms with E-state index in [2.05, 4.69) is 13.5 Å². The third-order valence-electron chi connectivity index (χ3n) is 1.46. The van der Waals surface area contributed by atoms with Crippen LogP contribution in [-0.4, -0.2) is 22.2 Å². The molecule has 0 bridgehead atoms. The number of rotatable bonds is 7. The monoisotopic (exact) mass is 186 g/mol. The van der Waals surface area contributed by atoms with Gasteiger partial charge >= 0.3 is 0 Å². The molecular formula is C9H18O2Si. The Morgan fingerprint density at radius 1 is 1.58 bits per heavy atom. The summed E-state index contributed by atoms with van der Waals surface area (Å²) in [6.07, 6.45) is 6.24. The Hall–Kier alpha value is -0.413. The van der Waals surface area contributed by atoms with Crippen molar-refractivity contribution in [2.24, 2.45) is 0 Å². The molecule has 12 heavy (non-hydrogen) atoms. The molecule has 0 amide bonds. The van der Waals surface area contributed by atoms with Gasteiger partial charge in [0.15, 0.2) is 15.5 Å². The molecule has 0 radical (unpaired) electrons. The number of carbonyl (C=O) groups excluding carboxylic acids is 1. The molecule has 0 saturated carbocycles. The minimum Gasteiger partial charge on any atom is -0.424 e. The quantitative estimate of drug-likeness (QED) is 0.342. The van der Waals surface area contributed by atoms with Gasteiger partial charge in [-0.05, 0) is 12.5 Å². The highest BCUT2D eigenvalue weighted by Gasteiger charge is 1.94. The SMILES string of the molecule is CCCC=CC(=O)CCO[SiH2]C. The lowest BCUT2D eigenvalue weighted by atomic mass is 10.2. The molecule has 0 N–H and O–H groups in total. The van der Waals surface area contributed by atoms with Crippen molar-refractivity contribution in [2.45, 2.75) is 32.7 Å². The number of ketones is 1. The molecule has 0 aliphatic heterocycles. The molecule has 0 aromatic rings. The van der Waals surface area contributed by atoms with Crippen molar-refractivity contribution < 1.29 is 9.22 Å². The molecule has 0 unspecified atom stereocenters. The summed E-state index contributed by atoms with van der Waals surface area (Å²) in [6.45, 7) is 4.77. The van der Waals surface area contributed by atoms with E-state index < -0.39 is 0 Å². The standard InChI is InChI=1S/C9H18O2Si/c1-3-4-5-6-9(10)7-8-11-12-2/h5-6H,3-4,7-8,12H2,1-2H3. The second-order valence-electron chi connectivity index (χ2n) is 2.60. The van der Waals surface area contributed by atoms with E-state index in [1.165, 1.54) is 0 Å². The maximum absolute atomic E-state index is 11.0. The normalized spacial score (nSPS) is 11.8. The average molecular weight is 186 g/mol. The maximum Gasteiger partial charge on any atom is 0.158 e. The van der Waals surface area contributed by atoms with Crippen molar-refractivity contribution in [3.05, 3.63) is 12.2 Å². The summed E-state index contributed by atoms with van der Waals surface area (Å²) in [5.74, 6) is 0.186. The summed E-state index contributed by atoms with van der Waals surface area (Å²) in [4.78, 5) is 11.0. The van der Waals surface area contributed by atoms with E-state index in [-0.39, 0.29) is 15.5 Å². The van der Waals surface area contributed by atoms with Gasteiger partial charge in [0.2, 0.25) is 0 Å². The Bertz CT molecular complexity index is 143. The lowest BCUT2D eigenvalue weighted by Crippen LogP contribution is -2.02. The van der Waals surface area contributed by atoms with E-state index in [4.69, 9.17) is 4.43 Å². The van der Waals surface area contributed by atoms with E-state index in [0.717, 1.165) is 12.8 Å². The Labute approximate surface area is 76.9 Å². The summed E-state index contributed by atoms with van der Waals surface area (Å²) < 4.78 is 5.19. The molecule has 0 atom stereocenters. The molecule has 0 fully saturated rings. The van der Waals surface area contributed by atoms with Crippen LogP contribution in [0, 0.1) is 0 Å². The molecule has 0 aliphatic carbocycles. The van der Waals surface area contributed by atoms with E-state index in [9.17, 15) is 4.79 Å². The predicted molar refractivity (Wildman–Crippen MR) is 54.0 cm³/mol. The van der Waals surface area contributed by atoms with Gasteiger partial charge in [0.05, 0.1) is 0 Å². The topological polar surface area (TPSA) is 26.3 Å². The zero-order valence-electron chi connectivity index (χ0n) is 8.01. The lowest BCUT2D eigenvalue weighted by molar-refractivity contribution is -0.115. The Morgan fingerprint density at radius 2 is 2.33 bits per heavy atom. The van der Waals surface area contributed by atoms with Gasteiger partial charge in [0, 0.05) is 13.0 Å². The smallest absolute Gasteiger partial charge is 0.158 e. The molecule has 0 heterocycles. The largest absolute Gasteiger partial charge is 0.424 e. The van der Waals surface area contributed by atoms with Crippen LogP contribution in [0.5, 0.6) is 0 Å². The molecule has 0 rings (SSSR count). The van der Waals surface area contributed by atoms with Crippen molar-refractivity contribution in [1.29, 1.82) is 0 Å². The molecule has 2 nitrogen and oxygen atoms in total. The fourth-order valence-corrected chi connectivity index (χ4v) is 1.21. The first kappa shape index (κ1) is 11.6. The summed E-state index contributed by atoms with van der Waals surface area (Å²) in [7, 11) is -0.329. The zero-order valence-corrected chi connectivity index (χ0v) is 9.42. The van der Waals surface area contributed by atoms with Crippen LogP contribution in [0.1, 0.15) is 26.2 Å². The predicted octanol–water partition coefficient (Wildman–Crippen LogP) is 1.45. The zero-order chi connectivity index (χ0) is 9.23. The Kier molecular flexibility index (Phi) is 8.38. The van der Waals surface area contributed by atoms with E-state index in [0.29, 0.717) is 13.0 Å². The van der Waals surface area contributed by atoms with Crippen molar-refractivity contribution in [1.82, 2.24) is 0 Å². The fourth-order valence-electron chi connectivity index (χ4n) is 0.782. The van der Waals surface area contributed by atoms with Gasteiger partial charge in [-0.3, -0.25) is 4.79 Å². The number of unbranched alkanes of at least 4 members (excludes halogenated alkanes) is 1. The van der Waals surface area contributed by atoms with Crippen LogP contribution in [0.15, 0.2) is 12.2 Å². The van der Waals surface area contributed by atoms with Crippen LogP contribution in [0.25, 0.3) is 0 Å². The highest BCUT2D eigenvalue weighted by Crippen LogP contribution is 1.92. The molecule has 0 saturated heterocycles. The molecular weight excluding hydrogens is 168 g/mol. The minimum absolute atomic E-state index is 0.186. The first-order valence-corrected chi connectivity index (χ1v) is 6.57. The van der Waals surface area contributed by atoms with E-state index in [1.54, 1.807) is 6.08 Å². The summed E-state index contributed by atoms with van der Waals surface area (Å²) in [6, 6.07) is 0. The second-order valence-corrected chi connectivity index (χ2v) is 3.59. The van der Waals surface area contributed by atoms with Crippen LogP contribution in [0.3, 0.4) is 0 Å². The van der Waals surface area contributed by atoms with Gasteiger partial charge in [-0.1, -0.05) is 26.0 Å². The van der Waals surface area contributed by atoms with Crippen molar-refractivity contribution in [3.8, 4) is 0 Å². The summed E-state index contributed by atoms with van der Waals surface area (Å²) in [5.41, 5.74) is 0. The number of carbonyl (C=O) groups is 1. The fraction of sp³-hybridized carbons (Fsp3) is 0.667.